The Morgan fingerprint density at radius 1 is 0.909 bits per heavy atom. The Bertz CT molecular complexity index is 670. The van der Waals surface area contributed by atoms with E-state index in [0.29, 0.717) is 0 Å². The van der Waals surface area contributed by atoms with Crippen molar-refractivity contribution in [3.63, 3.8) is 0 Å². The molecule has 1 aromatic heterocycles. The third-order valence-electron chi connectivity index (χ3n) is 2.69. The predicted molar refractivity (Wildman–Crippen MR) is 70.6 cm³/mol. The Morgan fingerprint density at radius 2 is 1.50 bits per heavy atom. The number of nitrogens with zero attached hydrogens (tertiary/aromatic N) is 1. The second-order valence-electron chi connectivity index (χ2n) is 4.23. The van der Waals surface area contributed by atoms with Gasteiger partial charge in [0, 0.05) is 18.0 Å². The lowest BCUT2D eigenvalue weighted by molar-refractivity contribution is -0.137. The standard InChI is InChI=1S/C14H10F3N3O2/c15-14(16,17)11-5-3-9(4-6-11)12(21)19-20-13(22)10-2-1-7-18-8-10/h1-8H,(H,19,21)(H,20,22). The fraction of sp³-hybridized carbons (Fsp3) is 0.0714. The summed E-state index contributed by atoms with van der Waals surface area (Å²) in [4.78, 5) is 27.1. The summed E-state index contributed by atoms with van der Waals surface area (Å²) in [5.74, 6) is -1.32. The number of pyridine rings is 1. The largest absolute Gasteiger partial charge is 0.416 e. The van der Waals surface area contributed by atoms with Crippen molar-refractivity contribution < 1.29 is 22.8 Å². The van der Waals surface area contributed by atoms with E-state index in [4.69, 9.17) is 0 Å². The van der Waals surface area contributed by atoms with Crippen LogP contribution in [0.4, 0.5) is 13.2 Å². The summed E-state index contributed by atoms with van der Waals surface area (Å²) in [6.45, 7) is 0. The number of hydrazine groups is 1. The van der Waals surface area contributed by atoms with Crippen LogP contribution in [-0.2, 0) is 6.18 Å². The average Bonchev–Trinajstić information content (AvgIpc) is 2.52. The predicted octanol–water partition coefficient (Wildman–Crippen LogP) is 2.18. The van der Waals surface area contributed by atoms with E-state index in [1.54, 1.807) is 6.07 Å². The van der Waals surface area contributed by atoms with Crippen LogP contribution in [0, 0.1) is 0 Å². The Kier molecular flexibility index (Phi) is 4.40. The number of nitrogens with one attached hydrogen (secondary N) is 2. The molecule has 8 heteroatoms. The van der Waals surface area contributed by atoms with Gasteiger partial charge < -0.3 is 0 Å². The number of carbonyl (C=O) groups excluding carboxylic acids is 2. The first-order chi connectivity index (χ1) is 10.4. The second-order valence-corrected chi connectivity index (χ2v) is 4.23. The van der Waals surface area contributed by atoms with E-state index in [2.05, 4.69) is 15.8 Å². The van der Waals surface area contributed by atoms with Gasteiger partial charge in [0.15, 0.2) is 0 Å². The zero-order valence-electron chi connectivity index (χ0n) is 11.0. The lowest BCUT2D eigenvalue weighted by Gasteiger charge is -2.09. The summed E-state index contributed by atoms with van der Waals surface area (Å²) in [6.07, 6.45) is -1.68. The molecule has 2 amide bonds. The van der Waals surface area contributed by atoms with Gasteiger partial charge in [0.2, 0.25) is 0 Å². The van der Waals surface area contributed by atoms with Gasteiger partial charge in [0.25, 0.3) is 11.8 Å². The van der Waals surface area contributed by atoms with Gasteiger partial charge in [-0.05, 0) is 36.4 Å². The molecule has 0 fully saturated rings. The number of alkyl halides is 3. The molecule has 1 heterocycles. The molecule has 114 valence electrons. The number of hydrogen-bond donors (Lipinski definition) is 2. The number of benzene rings is 1. The first-order valence-corrected chi connectivity index (χ1v) is 6.06. The number of amides is 2. The highest BCUT2D eigenvalue weighted by molar-refractivity contribution is 5.98. The van der Waals surface area contributed by atoms with E-state index in [-0.39, 0.29) is 11.1 Å². The van der Waals surface area contributed by atoms with Gasteiger partial charge in [-0.2, -0.15) is 13.2 Å². The molecule has 0 spiro atoms. The van der Waals surface area contributed by atoms with Crippen LogP contribution in [0.2, 0.25) is 0 Å². The highest BCUT2D eigenvalue weighted by Crippen LogP contribution is 2.28. The van der Waals surface area contributed by atoms with Crippen LogP contribution >= 0.6 is 0 Å². The number of rotatable bonds is 2. The van der Waals surface area contributed by atoms with Crippen LogP contribution in [0.5, 0.6) is 0 Å². The van der Waals surface area contributed by atoms with Crippen molar-refractivity contribution in [1.29, 1.82) is 0 Å². The summed E-state index contributed by atoms with van der Waals surface area (Å²) in [5, 5.41) is 0. The maximum Gasteiger partial charge on any atom is 0.416 e. The maximum atomic E-state index is 12.4. The molecule has 0 saturated heterocycles. The van der Waals surface area contributed by atoms with E-state index in [9.17, 15) is 22.8 Å². The molecule has 2 aromatic rings. The van der Waals surface area contributed by atoms with Crippen LogP contribution < -0.4 is 10.9 Å². The Morgan fingerprint density at radius 3 is 2.00 bits per heavy atom. The molecule has 5 nitrogen and oxygen atoms in total. The van der Waals surface area contributed by atoms with Crippen molar-refractivity contribution in [2.24, 2.45) is 0 Å². The molecule has 0 saturated carbocycles. The number of hydrogen-bond acceptors (Lipinski definition) is 3. The highest BCUT2D eigenvalue weighted by Gasteiger charge is 2.30. The average molecular weight is 309 g/mol. The zero-order valence-corrected chi connectivity index (χ0v) is 11.0. The van der Waals surface area contributed by atoms with Gasteiger partial charge >= 0.3 is 6.18 Å². The molecular formula is C14H10F3N3O2. The number of halogens is 3. The summed E-state index contributed by atoms with van der Waals surface area (Å²) in [7, 11) is 0. The van der Waals surface area contributed by atoms with Crippen molar-refractivity contribution in [3.8, 4) is 0 Å². The highest BCUT2D eigenvalue weighted by atomic mass is 19.4. The molecule has 2 N–H and O–H groups in total. The summed E-state index contributed by atoms with van der Waals surface area (Å²) < 4.78 is 37.2. The Hall–Kier alpha value is -2.90. The SMILES string of the molecule is O=C(NNC(=O)c1cccnc1)c1ccc(C(F)(F)F)cc1. The van der Waals surface area contributed by atoms with Gasteiger partial charge in [-0.3, -0.25) is 25.4 Å². The molecule has 0 aliphatic heterocycles. The molecule has 0 aliphatic carbocycles. The van der Waals surface area contributed by atoms with E-state index >= 15 is 0 Å². The fourth-order valence-corrected chi connectivity index (χ4v) is 1.57. The molecule has 2 rings (SSSR count). The van der Waals surface area contributed by atoms with Gasteiger partial charge in [-0.25, -0.2) is 0 Å². The molecule has 22 heavy (non-hydrogen) atoms. The van der Waals surface area contributed by atoms with E-state index in [1.165, 1.54) is 18.5 Å². The molecule has 0 aliphatic rings. The van der Waals surface area contributed by atoms with Crippen LogP contribution in [0.25, 0.3) is 0 Å². The minimum atomic E-state index is -4.47. The van der Waals surface area contributed by atoms with Crippen molar-refractivity contribution in [3.05, 3.63) is 65.5 Å². The molecular weight excluding hydrogens is 299 g/mol. The van der Waals surface area contributed by atoms with Crippen molar-refractivity contribution in [1.82, 2.24) is 15.8 Å². The lowest BCUT2D eigenvalue weighted by Crippen LogP contribution is -2.41. The van der Waals surface area contributed by atoms with Crippen LogP contribution in [-0.4, -0.2) is 16.8 Å². The molecule has 0 atom stereocenters. The fourth-order valence-electron chi connectivity index (χ4n) is 1.57. The minimum absolute atomic E-state index is 0.0144. The smallest absolute Gasteiger partial charge is 0.267 e. The number of carbonyl (C=O) groups is 2. The second kappa shape index (κ2) is 6.25. The first kappa shape index (κ1) is 15.5. The van der Waals surface area contributed by atoms with Crippen LogP contribution in [0.15, 0.2) is 48.8 Å². The maximum absolute atomic E-state index is 12.4. The Labute approximate surface area is 123 Å². The number of aromatic nitrogens is 1. The van der Waals surface area contributed by atoms with Crippen molar-refractivity contribution in [2.45, 2.75) is 6.18 Å². The summed E-state index contributed by atoms with van der Waals surface area (Å²) >= 11 is 0. The van der Waals surface area contributed by atoms with Gasteiger partial charge in [-0.1, -0.05) is 0 Å². The van der Waals surface area contributed by atoms with Gasteiger partial charge in [0.05, 0.1) is 11.1 Å². The van der Waals surface area contributed by atoms with Gasteiger partial charge in [0.1, 0.15) is 0 Å². The van der Waals surface area contributed by atoms with Crippen LogP contribution in [0.1, 0.15) is 26.3 Å². The first-order valence-electron chi connectivity index (χ1n) is 6.06. The summed E-state index contributed by atoms with van der Waals surface area (Å²) in [6, 6.07) is 6.66. The monoisotopic (exact) mass is 309 g/mol. The quantitative estimate of drug-likeness (QED) is 0.835. The molecule has 0 bridgehead atoms. The molecule has 0 radical (unpaired) electrons. The third-order valence-corrected chi connectivity index (χ3v) is 2.69. The van der Waals surface area contributed by atoms with E-state index in [0.717, 1.165) is 24.3 Å². The van der Waals surface area contributed by atoms with Gasteiger partial charge in [-0.15, -0.1) is 0 Å². The topological polar surface area (TPSA) is 71.1 Å². The minimum Gasteiger partial charge on any atom is -0.267 e. The van der Waals surface area contributed by atoms with Crippen molar-refractivity contribution in [2.75, 3.05) is 0 Å². The molecule has 1 aromatic carbocycles. The van der Waals surface area contributed by atoms with E-state index in [1.807, 2.05) is 0 Å². The normalized spacial score (nSPS) is 10.9. The lowest BCUT2D eigenvalue weighted by atomic mass is 10.1. The third kappa shape index (κ3) is 3.81. The molecule has 0 unspecified atom stereocenters. The van der Waals surface area contributed by atoms with Crippen molar-refractivity contribution >= 4 is 11.8 Å². The zero-order chi connectivity index (χ0) is 16.2. The van der Waals surface area contributed by atoms with E-state index < -0.39 is 23.6 Å². The summed E-state index contributed by atoms with van der Waals surface area (Å²) in [5.41, 5.74) is 3.61. The van der Waals surface area contributed by atoms with Crippen LogP contribution in [0.3, 0.4) is 0 Å². The Balaban J connectivity index is 1.97.